The number of hydrogen-bond acceptors (Lipinski definition) is 7. The molecule has 2 unspecified atom stereocenters. The number of aromatic nitrogens is 2. The number of sulfonamides is 1. The summed E-state index contributed by atoms with van der Waals surface area (Å²) in [5, 5.41) is 0.836. The lowest BCUT2D eigenvalue weighted by Gasteiger charge is -2.23. The highest BCUT2D eigenvalue weighted by atomic mass is 32.2. The van der Waals surface area contributed by atoms with Gasteiger partial charge in [-0.2, -0.15) is 0 Å². The second kappa shape index (κ2) is 9.28. The molecule has 0 aliphatic heterocycles. The average Bonchev–Trinajstić information content (AvgIpc) is 3.25. The maximum atomic E-state index is 12.2. The molecule has 2 N–H and O–H groups in total. The summed E-state index contributed by atoms with van der Waals surface area (Å²) >= 11 is 1.54. The zero-order chi connectivity index (χ0) is 24.7. The van der Waals surface area contributed by atoms with Crippen molar-refractivity contribution in [2.24, 2.45) is 17.6 Å². The summed E-state index contributed by atoms with van der Waals surface area (Å²) in [5.74, 6) is 2.51. The first-order valence-corrected chi connectivity index (χ1v) is 14.1. The Morgan fingerprint density at radius 3 is 2.44 bits per heavy atom. The van der Waals surface area contributed by atoms with Crippen LogP contribution in [0.15, 0.2) is 48.7 Å². The molecule has 3 aromatic rings. The third-order valence-electron chi connectivity index (χ3n) is 6.49. The topological polar surface area (TPSA) is 92.4 Å². The fraction of sp³-hybridized carbons (Fsp3) is 0.440. The van der Waals surface area contributed by atoms with Crippen LogP contribution in [0.25, 0.3) is 10.4 Å². The maximum Gasteiger partial charge on any atom is 0.233 e. The minimum absolute atomic E-state index is 0.389. The maximum absolute atomic E-state index is 12.2. The van der Waals surface area contributed by atoms with Gasteiger partial charge in [-0.15, -0.1) is 11.3 Å². The third-order valence-corrected chi connectivity index (χ3v) is 9.00. The minimum atomic E-state index is -3.45. The highest BCUT2D eigenvalue weighted by molar-refractivity contribution is 7.92. The summed E-state index contributed by atoms with van der Waals surface area (Å²) < 4.78 is 25.7. The van der Waals surface area contributed by atoms with Crippen LogP contribution in [-0.2, 0) is 22.0 Å². The predicted octanol–water partition coefficient (Wildman–Crippen LogP) is 4.11. The Kier molecular flexibility index (Phi) is 6.72. The molecule has 2 aromatic heterocycles. The Morgan fingerprint density at radius 1 is 1.18 bits per heavy atom. The summed E-state index contributed by atoms with van der Waals surface area (Å²) in [6.07, 6.45) is 4.90. The lowest BCUT2D eigenvalue weighted by atomic mass is 9.95. The zero-order valence-corrected chi connectivity index (χ0v) is 22.0. The van der Waals surface area contributed by atoms with Gasteiger partial charge in [0.2, 0.25) is 10.0 Å². The number of pyridine rings is 1. The molecule has 0 amide bonds. The van der Waals surface area contributed by atoms with Crippen LogP contribution in [0, 0.1) is 11.8 Å². The first kappa shape index (κ1) is 24.6. The molecule has 4 rings (SSSR count). The minimum Gasteiger partial charge on any atom is -0.359 e. The molecule has 0 bridgehead atoms. The molecule has 3 atom stereocenters. The summed E-state index contributed by atoms with van der Waals surface area (Å²) in [5.41, 5.74) is 8.11. The molecule has 1 aliphatic rings. The van der Waals surface area contributed by atoms with Crippen molar-refractivity contribution in [3.8, 4) is 10.4 Å². The Labute approximate surface area is 206 Å². The van der Waals surface area contributed by atoms with Gasteiger partial charge in [0.25, 0.3) is 0 Å². The lowest BCUT2D eigenvalue weighted by molar-refractivity contribution is 0.488. The molecular formula is C25H33N5O2S2. The smallest absolute Gasteiger partial charge is 0.233 e. The van der Waals surface area contributed by atoms with Crippen molar-refractivity contribution in [2.75, 3.05) is 36.1 Å². The SMILES string of the molecule is CC1CC1CN(C)c1cc(-c2cnc([C@](C)(N)Cc3ccccc3)s2)cc(N(C)S(C)(=O)=O)n1. The van der Waals surface area contributed by atoms with E-state index < -0.39 is 15.6 Å². The van der Waals surface area contributed by atoms with Crippen molar-refractivity contribution in [1.29, 1.82) is 0 Å². The Hall–Kier alpha value is -2.49. The van der Waals surface area contributed by atoms with Gasteiger partial charge in [0.05, 0.1) is 16.7 Å². The van der Waals surface area contributed by atoms with Gasteiger partial charge in [0.15, 0.2) is 0 Å². The molecule has 1 saturated carbocycles. The van der Waals surface area contributed by atoms with E-state index in [1.165, 1.54) is 35.4 Å². The molecule has 9 heteroatoms. The van der Waals surface area contributed by atoms with Crippen LogP contribution in [0.2, 0.25) is 0 Å². The van der Waals surface area contributed by atoms with Crippen LogP contribution in [0.4, 0.5) is 11.6 Å². The number of rotatable bonds is 9. The Morgan fingerprint density at radius 2 is 1.82 bits per heavy atom. The van der Waals surface area contributed by atoms with E-state index in [-0.39, 0.29) is 0 Å². The standard InChI is InChI=1S/C25H33N5O2S2/c1-17-11-20(17)16-29(3)22-12-19(13-23(28-22)30(4)34(5,31)32)21-15-27-24(33-21)25(2,26)14-18-9-7-6-8-10-18/h6-10,12-13,15,17,20H,11,14,16,26H2,1-5H3/t17?,20?,25-/m1/s1. The summed E-state index contributed by atoms with van der Waals surface area (Å²) in [7, 11) is 0.0918. The van der Waals surface area contributed by atoms with Gasteiger partial charge < -0.3 is 10.6 Å². The van der Waals surface area contributed by atoms with Gasteiger partial charge in [0.1, 0.15) is 16.6 Å². The largest absolute Gasteiger partial charge is 0.359 e. The van der Waals surface area contributed by atoms with Crippen LogP contribution < -0.4 is 14.9 Å². The van der Waals surface area contributed by atoms with E-state index in [0.717, 1.165) is 39.3 Å². The molecule has 0 saturated heterocycles. The van der Waals surface area contributed by atoms with Crippen LogP contribution in [0.5, 0.6) is 0 Å². The van der Waals surface area contributed by atoms with Crippen LogP contribution in [0.3, 0.4) is 0 Å². The van der Waals surface area contributed by atoms with E-state index in [0.29, 0.717) is 18.2 Å². The highest BCUT2D eigenvalue weighted by Crippen LogP contribution is 2.40. The van der Waals surface area contributed by atoms with E-state index >= 15 is 0 Å². The average molecular weight is 500 g/mol. The molecule has 7 nitrogen and oxygen atoms in total. The monoisotopic (exact) mass is 499 g/mol. The van der Waals surface area contributed by atoms with Gasteiger partial charge in [-0.25, -0.2) is 18.4 Å². The van der Waals surface area contributed by atoms with E-state index in [1.54, 1.807) is 6.07 Å². The summed E-state index contributed by atoms with van der Waals surface area (Å²) in [6, 6.07) is 14.0. The van der Waals surface area contributed by atoms with Crippen LogP contribution >= 0.6 is 11.3 Å². The first-order valence-electron chi connectivity index (χ1n) is 11.4. The van der Waals surface area contributed by atoms with E-state index in [4.69, 9.17) is 5.73 Å². The first-order chi connectivity index (χ1) is 15.9. The van der Waals surface area contributed by atoms with E-state index in [1.807, 2.05) is 44.4 Å². The number of hydrogen-bond donors (Lipinski definition) is 1. The van der Waals surface area contributed by atoms with Gasteiger partial charge >= 0.3 is 0 Å². The normalized spacial score (nSPS) is 19.5. The molecule has 182 valence electrons. The van der Waals surface area contributed by atoms with Crippen LogP contribution in [0.1, 0.15) is 30.8 Å². The second-order valence-corrected chi connectivity index (χ2v) is 12.8. The molecule has 0 radical (unpaired) electrons. The van der Waals surface area contributed by atoms with E-state index in [2.05, 4.69) is 33.9 Å². The number of benzene rings is 1. The molecular weight excluding hydrogens is 466 g/mol. The van der Waals surface area contributed by atoms with Gasteiger partial charge in [-0.05, 0) is 49.3 Å². The van der Waals surface area contributed by atoms with Gasteiger partial charge in [-0.1, -0.05) is 37.3 Å². The Balaban J connectivity index is 1.67. The number of nitrogens with two attached hydrogens (primary N) is 1. The number of thiazole rings is 1. The summed E-state index contributed by atoms with van der Waals surface area (Å²) in [6.45, 7) is 5.14. The molecule has 1 aromatic carbocycles. The van der Waals surface area contributed by atoms with Crippen molar-refractivity contribution < 1.29 is 8.42 Å². The number of anilines is 2. The van der Waals surface area contributed by atoms with Crippen LogP contribution in [-0.4, -0.2) is 45.3 Å². The van der Waals surface area contributed by atoms with Crippen molar-refractivity contribution in [3.05, 3.63) is 59.2 Å². The lowest BCUT2D eigenvalue weighted by Crippen LogP contribution is -2.35. The molecule has 1 aliphatic carbocycles. The third kappa shape index (κ3) is 5.59. The van der Waals surface area contributed by atoms with Crippen molar-refractivity contribution in [1.82, 2.24) is 9.97 Å². The quantitative estimate of drug-likeness (QED) is 0.476. The van der Waals surface area contributed by atoms with Gasteiger partial charge in [-0.3, -0.25) is 4.31 Å². The fourth-order valence-corrected chi connectivity index (χ4v) is 5.43. The summed E-state index contributed by atoms with van der Waals surface area (Å²) in [4.78, 5) is 12.4. The van der Waals surface area contributed by atoms with Crippen molar-refractivity contribution in [3.63, 3.8) is 0 Å². The number of nitrogens with zero attached hydrogens (tertiary/aromatic N) is 4. The zero-order valence-electron chi connectivity index (χ0n) is 20.4. The molecule has 34 heavy (non-hydrogen) atoms. The highest BCUT2D eigenvalue weighted by Gasteiger charge is 2.34. The molecule has 2 heterocycles. The van der Waals surface area contributed by atoms with Crippen molar-refractivity contribution >= 4 is 33.0 Å². The fourth-order valence-electron chi connectivity index (χ4n) is 4.04. The van der Waals surface area contributed by atoms with Gasteiger partial charge in [0, 0.05) is 32.4 Å². The van der Waals surface area contributed by atoms with E-state index in [9.17, 15) is 8.42 Å². The molecule has 0 spiro atoms. The van der Waals surface area contributed by atoms with Crippen molar-refractivity contribution in [2.45, 2.75) is 32.2 Å². The predicted molar refractivity (Wildman–Crippen MR) is 141 cm³/mol. The Bertz CT molecular complexity index is 1260. The second-order valence-electron chi connectivity index (χ2n) is 9.77. The molecule has 1 fully saturated rings.